The van der Waals surface area contributed by atoms with E-state index in [1.54, 1.807) is 0 Å². The Morgan fingerprint density at radius 2 is 1.46 bits per heavy atom. The summed E-state index contributed by atoms with van der Waals surface area (Å²) in [5, 5.41) is 0. The topological polar surface area (TPSA) is 25.8 Å². The maximum absolute atomic E-state index is 4.47. The average molecular weight is 322 g/mol. The number of aromatic nitrogens is 2. The first-order valence-electron chi connectivity index (χ1n) is 9.68. The smallest absolute Gasteiger partial charge is 0.159 e. The van der Waals surface area contributed by atoms with Crippen LogP contribution in [-0.4, -0.2) is 9.97 Å². The Morgan fingerprint density at radius 3 is 2.04 bits per heavy atom. The number of hydrogen-bond acceptors (Lipinski definition) is 2. The van der Waals surface area contributed by atoms with Crippen molar-refractivity contribution >= 4 is 0 Å². The zero-order valence-electron chi connectivity index (χ0n) is 15.2. The zero-order chi connectivity index (χ0) is 16.8. The van der Waals surface area contributed by atoms with Gasteiger partial charge in [-0.05, 0) is 42.2 Å². The maximum Gasteiger partial charge on any atom is 0.159 e. The number of aryl methyl sites for hydroxylation is 2. The van der Waals surface area contributed by atoms with Gasteiger partial charge in [0, 0.05) is 18.0 Å². The molecule has 2 aromatic rings. The van der Waals surface area contributed by atoms with E-state index in [9.17, 15) is 0 Å². The van der Waals surface area contributed by atoms with Crippen molar-refractivity contribution in [3.8, 4) is 11.4 Å². The Balaban J connectivity index is 1.53. The molecule has 0 saturated heterocycles. The van der Waals surface area contributed by atoms with Gasteiger partial charge in [0.25, 0.3) is 0 Å². The summed E-state index contributed by atoms with van der Waals surface area (Å²) in [6.07, 6.45) is 14.5. The van der Waals surface area contributed by atoms with Crippen LogP contribution in [-0.2, 0) is 12.8 Å². The Kier molecular flexibility index (Phi) is 6.01. The van der Waals surface area contributed by atoms with E-state index >= 15 is 0 Å². The van der Waals surface area contributed by atoms with E-state index in [2.05, 4.69) is 48.1 Å². The van der Waals surface area contributed by atoms with Gasteiger partial charge in [-0.2, -0.15) is 0 Å². The van der Waals surface area contributed by atoms with Crippen LogP contribution in [0.2, 0.25) is 0 Å². The van der Waals surface area contributed by atoms with Crippen LogP contribution in [0, 0.1) is 11.8 Å². The van der Waals surface area contributed by atoms with E-state index < -0.39 is 0 Å². The second-order valence-corrected chi connectivity index (χ2v) is 7.30. The first-order chi connectivity index (χ1) is 11.8. The molecule has 1 heterocycles. The monoisotopic (exact) mass is 322 g/mol. The van der Waals surface area contributed by atoms with Gasteiger partial charge in [-0.25, -0.2) is 9.97 Å². The van der Waals surface area contributed by atoms with Crippen LogP contribution in [0.25, 0.3) is 11.4 Å². The molecule has 1 aliphatic carbocycles. The molecule has 3 rings (SSSR count). The molecule has 1 saturated carbocycles. The van der Waals surface area contributed by atoms with Crippen LogP contribution in [0.1, 0.15) is 63.5 Å². The molecule has 0 aliphatic heterocycles. The highest BCUT2D eigenvalue weighted by molar-refractivity contribution is 5.55. The molecule has 1 aromatic carbocycles. The van der Waals surface area contributed by atoms with E-state index in [1.165, 1.54) is 56.1 Å². The lowest BCUT2D eigenvalue weighted by Gasteiger charge is -2.27. The predicted molar refractivity (Wildman–Crippen MR) is 101 cm³/mol. The van der Waals surface area contributed by atoms with Crippen LogP contribution >= 0.6 is 0 Å². The van der Waals surface area contributed by atoms with Gasteiger partial charge >= 0.3 is 0 Å². The van der Waals surface area contributed by atoms with Crippen LogP contribution < -0.4 is 0 Å². The molecule has 0 amide bonds. The van der Waals surface area contributed by atoms with Crippen LogP contribution in [0.3, 0.4) is 0 Å². The first kappa shape index (κ1) is 17.1. The fourth-order valence-corrected chi connectivity index (χ4v) is 3.81. The summed E-state index contributed by atoms with van der Waals surface area (Å²) in [6, 6.07) is 8.85. The molecule has 1 aromatic heterocycles. The second kappa shape index (κ2) is 8.41. The summed E-state index contributed by atoms with van der Waals surface area (Å²) in [7, 11) is 0. The Hall–Kier alpha value is -1.70. The Bertz CT molecular complexity index is 607. The molecule has 0 N–H and O–H groups in total. The predicted octanol–water partition coefficient (Wildman–Crippen LogP) is 5.86. The first-order valence-corrected chi connectivity index (χ1v) is 9.68. The van der Waals surface area contributed by atoms with Crippen molar-refractivity contribution in [2.45, 2.75) is 65.2 Å². The third-order valence-corrected chi connectivity index (χ3v) is 5.71. The van der Waals surface area contributed by atoms with E-state index in [0.717, 1.165) is 29.6 Å². The Labute approximate surface area is 146 Å². The van der Waals surface area contributed by atoms with Crippen molar-refractivity contribution in [2.75, 3.05) is 0 Å². The fraction of sp³-hybridized carbons (Fsp3) is 0.545. The standard InChI is InChI=1S/C22H30N2/c1-3-17-5-7-19(8-6-17)9-10-20-11-13-21(14-12-20)22-23-15-18(4-2)16-24-22/h11-17,19H,3-10H2,1-2H3/t17-,19-. The molecule has 0 unspecified atom stereocenters. The molecule has 1 fully saturated rings. The molecule has 2 heteroatoms. The van der Waals surface area contributed by atoms with Gasteiger partial charge in [0.05, 0.1) is 0 Å². The average Bonchev–Trinajstić information content (AvgIpc) is 2.67. The second-order valence-electron chi connectivity index (χ2n) is 7.30. The van der Waals surface area contributed by atoms with Crippen molar-refractivity contribution < 1.29 is 0 Å². The van der Waals surface area contributed by atoms with Gasteiger partial charge in [-0.1, -0.05) is 70.2 Å². The van der Waals surface area contributed by atoms with Gasteiger partial charge in [-0.3, -0.25) is 0 Å². The highest BCUT2D eigenvalue weighted by atomic mass is 14.9. The number of nitrogens with zero attached hydrogens (tertiary/aromatic N) is 2. The summed E-state index contributed by atoms with van der Waals surface area (Å²) in [5.74, 6) is 2.77. The van der Waals surface area contributed by atoms with Crippen LogP contribution in [0.4, 0.5) is 0 Å². The lowest BCUT2D eigenvalue weighted by Crippen LogP contribution is -2.14. The van der Waals surface area contributed by atoms with Crippen molar-refractivity contribution in [3.63, 3.8) is 0 Å². The quantitative estimate of drug-likeness (QED) is 0.666. The SMILES string of the molecule is CCc1cnc(-c2ccc(CC[C@H]3CC[C@H](CC)CC3)cc2)nc1. The van der Waals surface area contributed by atoms with Gasteiger partial charge in [0.1, 0.15) is 0 Å². The van der Waals surface area contributed by atoms with Crippen molar-refractivity contribution in [1.29, 1.82) is 0 Å². The van der Waals surface area contributed by atoms with Crippen LogP contribution in [0.15, 0.2) is 36.7 Å². The molecule has 0 bridgehead atoms. The molecule has 2 nitrogen and oxygen atoms in total. The highest BCUT2D eigenvalue weighted by Gasteiger charge is 2.19. The number of benzene rings is 1. The molecular weight excluding hydrogens is 292 g/mol. The zero-order valence-corrected chi connectivity index (χ0v) is 15.2. The van der Waals surface area contributed by atoms with Crippen molar-refractivity contribution in [3.05, 3.63) is 47.8 Å². The summed E-state index contributed by atoms with van der Waals surface area (Å²) in [5.41, 5.74) is 3.75. The van der Waals surface area contributed by atoms with Crippen molar-refractivity contribution in [1.82, 2.24) is 9.97 Å². The normalized spacial score (nSPS) is 20.9. The molecule has 1 aliphatic rings. The third-order valence-electron chi connectivity index (χ3n) is 5.71. The molecule has 128 valence electrons. The Morgan fingerprint density at radius 1 is 0.833 bits per heavy atom. The van der Waals surface area contributed by atoms with Gasteiger partial charge in [0.15, 0.2) is 5.82 Å². The van der Waals surface area contributed by atoms with E-state index in [1.807, 2.05) is 12.4 Å². The summed E-state index contributed by atoms with van der Waals surface area (Å²) in [6.45, 7) is 4.47. The van der Waals surface area contributed by atoms with Crippen LogP contribution in [0.5, 0.6) is 0 Å². The minimum atomic E-state index is 0.830. The molecular formula is C22H30N2. The fourth-order valence-electron chi connectivity index (χ4n) is 3.81. The van der Waals surface area contributed by atoms with Crippen molar-refractivity contribution in [2.24, 2.45) is 11.8 Å². The number of rotatable bonds is 6. The third kappa shape index (κ3) is 4.43. The molecule has 0 spiro atoms. The van der Waals surface area contributed by atoms with E-state index in [0.29, 0.717) is 0 Å². The summed E-state index contributed by atoms with van der Waals surface area (Å²) >= 11 is 0. The van der Waals surface area contributed by atoms with E-state index in [4.69, 9.17) is 0 Å². The molecule has 24 heavy (non-hydrogen) atoms. The molecule has 0 atom stereocenters. The lowest BCUT2D eigenvalue weighted by atomic mass is 9.78. The number of hydrogen-bond donors (Lipinski definition) is 0. The summed E-state index contributed by atoms with van der Waals surface area (Å²) in [4.78, 5) is 8.95. The minimum absolute atomic E-state index is 0.830. The van der Waals surface area contributed by atoms with Gasteiger partial charge in [0.2, 0.25) is 0 Å². The molecule has 0 radical (unpaired) electrons. The maximum atomic E-state index is 4.47. The largest absolute Gasteiger partial charge is 0.236 e. The van der Waals surface area contributed by atoms with Gasteiger partial charge in [-0.15, -0.1) is 0 Å². The van der Waals surface area contributed by atoms with E-state index in [-0.39, 0.29) is 0 Å². The lowest BCUT2D eigenvalue weighted by molar-refractivity contribution is 0.259. The highest BCUT2D eigenvalue weighted by Crippen LogP contribution is 2.33. The minimum Gasteiger partial charge on any atom is -0.236 e. The summed E-state index contributed by atoms with van der Waals surface area (Å²) < 4.78 is 0. The van der Waals surface area contributed by atoms with Gasteiger partial charge < -0.3 is 0 Å².